The predicted octanol–water partition coefficient (Wildman–Crippen LogP) is 6.99. The van der Waals surface area contributed by atoms with Gasteiger partial charge in [0, 0.05) is 12.0 Å². The Hall–Kier alpha value is -3.38. The van der Waals surface area contributed by atoms with Gasteiger partial charge in [0.05, 0.1) is 11.1 Å². The zero-order chi connectivity index (χ0) is 23.0. The second kappa shape index (κ2) is 8.04. The molecule has 0 N–H and O–H groups in total. The van der Waals surface area contributed by atoms with Gasteiger partial charge in [0.25, 0.3) is 0 Å². The highest BCUT2D eigenvalue weighted by atomic mass is 19.3. The maximum absolute atomic E-state index is 13.6. The number of nitrogens with zero attached hydrogens (tertiary/aromatic N) is 2. The topological polar surface area (TPSA) is 47.6 Å². The van der Waals surface area contributed by atoms with Gasteiger partial charge in [0.15, 0.2) is 0 Å². The third-order valence-corrected chi connectivity index (χ3v) is 5.21. The molecule has 0 saturated carbocycles. The van der Waals surface area contributed by atoms with Gasteiger partial charge in [-0.15, -0.1) is 0 Å². The van der Waals surface area contributed by atoms with Gasteiger partial charge in [-0.1, -0.05) is 63.2 Å². The molecule has 158 valence electrons. The number of rotatable bonds is 4. The van der Waals surface area contributed by atoms with Crippen LogP contribution in [-0.4, -0.2) is 12.3 Å². The lowest BCUT2D eigenvalue weighted by Gasteiger charge is -2.21. The molecule has 6 heteroatoms. The zero-order valence-corrected chi connectivity index (χ0v) is 17.3. The van der Waals surface area contributed by atoms with Gasteiger partial charge in [-0.2, -0.15) is 19.3 Å². The summed E-state index contributed by atoms with van der Waals surface area (Å²) in [6, 6.07) is 17.3. The van der Waals surface area contributed by atoms with Crippen LogP contribution >= 0.6 is 0 Å². The summed E-state index contributed by atoms with van der Waals surface area (Å²) >= 11 is 0. The first-order valence-corrected chi connectivity index (χ1v) is 9.64. The molecule has 0 radical (unpaired) electrons. The van der Waals surface area contributed by atoms with Crippen LogP contribution in [0.5, 0.6) is 0 Å². The number of fused-ring (bicyclic) bond motifs is 1. The van der Waals surface area contributed by atoms with Crippen LogP contribution in [0.1, 0.15) is 43.0 Å². The van der Waals surface area contributed by atoms with Gasteiger partial charge in [0.2, 0.25) is 0 Å². The molecule has 0 saturated heterocycles. The van der Waals surface area contributed by atoms with Gasteiger partial charge in [-0.05, 0) is 38.9 Å². The van der Waals surface area contributed by atoms with Crippen molar-refractivity contribution >= 4 is 10.8 Å². The highest BCUT2D eigenvalue weighted by Crippen LogP contribution is 2.37. The van der Waals surface area contributed by atoms with Crippen LogP contribution in [-0.2, 0) is 11.8 Å². The first kappa shape index (κ1) is 22.3. The summed E-state index contributed by atoms with van der Waals surface area (Å²) in [5.74, 6) is -4.16. The Labute approximate surface area is 178 Å². The summed E-state index contributed by atoms with van der Waals surface area (Å²) < 4.78 is 52.5. The van der Waals surface area contributed by atoms with Crippen molar-refractivity contribution in [1.29, 1.82) is 10.5 Å². The Balaban J connectivity index is 2.28. The zero-order valence-electron chi connectivity index (χ0n) is 17.3. The van der Waals surface area contributed by atoms with Gasteiger partial charge >= 0.3 is 12.3 Å². The lowest BCUT2D eigenvalue weighted by molar-refractivity contribution is -0.127. The minimum absolute atomic E-state index is 0.0218. The van der Waals surface area contributed by atoms with E-state index >= 15 is 0 Å². The molecule has 0 spiro atoms. The molecule has 0 fully saturated rings. The molecule has 31 heavy (non-hydrogen) atoms. The van der Waals surface area contributed by atoms with E-state index in [0.29, 0.717) is 16.5 Å². The highest BCUT2D eigenvalue weighted by Gasteiger charge is 2.40. The van der Waals surface area contributed by atoms with Gasteiger partial charge in [-0.3, -0.25) is 0 Å². The number of nitriles is 2. The molecule has 3 aromatic rings. The van der Waals surface area contributed by atoms with Crippen molar-refractivity contribution in [3.8, 4) is 23.3 Å². The minimum atomic E-state index is -4.16. The van der Waals surface area contributed by atoms with Crippen LogP contribution in [0, 0.1) is 22.7 Å². The van der Waals surface area contributed by atoms with Gasteiger partial charge in [0.1, 0.15) is 12.1 Å². The lowest BCUT2D eigenvalue weighted by Crippen LogP contribution is -2.29. The Kier molecular flexibility index (Phi) is 5.79. The number of benzene rings is 3. The van der Waals surface area contributed by atoms with Crippen molar-refractivity contribution in [3.05, 3.63) is 70.8 Å². The first-order chi connectivity index (χ1) is 14.5. The smallest absolute Gasteiger partial charge is 0.204 e. The van der Waals surface area contributed by atoms with E-state index in [2.05, 4.69) is 20.8 Å². The average molecular weight is 424 g/mol. The molecule has 3 rings (SSSR count). The van der Waals surface area contributed by atoms with Crippen molar-refractivity contribution in [2.45, 2.75) is 45.0 Å². The van der Waals surface area contributed by atoms with Crippen molar-refractivity contribution in [2.75, 3.05) is 0 Å². The Morgan fingerprint density at radius 3 is 2.23 bits per heavy atom. The quantitative estimate of drug-likeness (QED) is 0.424. The molecule has 0 bridgehead atoms. The summed E-state index contributed by atoms with van der Waals surface area (Å²) in [6.45, 7) is 6.16. The van der Waals surface area contributed by atoms with Crippen LogP contribution in [0.2, 0.25) is 0 Å². The molecule has 0 unspecified atom stereocenters. The fourth-order valence-electron chi connectivity index (χ4n) is 3.56. The van der Waals surface area contributed by atoms with Crippen molar-refractivity contribution < 1.29 is 17.6 Å². The van der Waals surface area contributed by atoms with E-state index in [1.54, 1.807) is 12.1 Å². The lowest BCUT2D eigenvalue weighted by atomic mass is 9.83. The Morgan fingerprint density at radius 1 is 0.935 bits per heavy atom. The molecule has 0 aromatic heterocycles. The number of halogens is 4. The molecule has 3 aromatic carbocycles. The van der Waals surface area contributed by atoms with E-state index in [4.69, 9.17) is 0 Å². The number of hydrogen-bond acceptors (Lipinski definition) is 2. The second-order valence-corrected chi connectivity index (χ2v) is 8.52. The first-order valence-electron chi connectivity index (χ1n) is 9.64. The third kappa shape index (κ3) is 4.39. The number of alkyl halides is 4. The average Bonchev–Trinajstić information content (AvgIpc) is 2.70. The summed E-state index contributed by atoms with van der Waals surface area (Å²) in [6.07, 6.45) is -4.89. The molecule has 0 aliphatic carbocycles. The van der Waals surface area contributed by atoms with E-state index in [9.17, 15) is 28.1 Å². The Morgan fingerprint density at radius 2 is 1.65 bits per heavy atom. The van der Waals surface area contributed by atoms with E-state index in [-0.39, 0.29) is 22.1 Å². The maximum atomic E-state index is 13.6. The fraction of sp³-hybridized carbons (Fsp3) is 0.280. The molecule has 0 heterocycles. The molecule has 0 atom stereocenters. The summed E-state index contributed by atoms with van der Waals surface area (Å²) in [4.78, 5) is 0. The second-order valence-electron chi connectivity index (χ2n) is 8.52. The minimum Gasteiger partial charge on any atom is -0.204 e. The molecule has 0 amide bonds. The van der Waals surface area contributed by atoms with E-state index in [0.717, 1.165) is 10.9 Å². The van der Waals surface area contributed by atoms with Crippen LogP contribution in [0.4, 0.5) is 17.6 Å². The van der Waals surface area contributed by atoms with Crippen molar-refractivity contribution in [3.63, 3.8) is 0 Å². The van der Waals surface area contributed by atoms with Crippen LogP contribution < -0.4 is 0 Å². The standard InChI is InChI=1S/C25H20F4N2/c1-24(2,3)19-7-8-20-17(11-19)10-18(13-30)21(14-31)22(20)16-6-4-5-15(9-16)12-25(28,29)23(26)27/h4-11,23H,12H2,1-3H3. The van der Waals surface area contributed by atoms with E-state index < -0.39 is 18.8 Å². The van der Waals surface area contributed by atoms with E-state index in [1.165, 1.54) is 18.2 Å². The third-order valence-electron chi connectivity index (χ3n) is 5.21. The predicted molar refractivity (Wildman–Crippen MR) is 112 cm³/mol. The summed E-state index contributed by atoms with van der Waals surface area (Å²) in [7, 11) is 0. The molecular formula is C25H20F4N2. The maximum Gasteiger partial charge on any atom is 0.311 e. The van der Waals surface area contributed by atoms with Gasteiger partial charge < -0.3 is 0 Å². The van der Waals surface area contributed by atoms with Crippen LogP contribution in [0.15, 0.2) is 48.5 Å². The molecule has 0 aliphatic rings. The highest BCUT2D eigenvalue weighted by molar-refractivity contribution is 6.01. The van der Waals surface area contributed by atoms with Crippen molar-refractivity contribution in [1.82, 2.24) is 0 Å². The normalized spacial score (nSPS) is 12.1. The van der Waals surface area contributed by atoms with Gasteiger partial charge in [-0.25, -0.2) is 8.78 Å². The van der Waals surface area contributed by atoms with Crippen LogP contribution in [0.25, 0.3) is 21.9 Å². The van der Waals surface area contributed by atoms with Crippen LogP contribution in [0.3, 0.4) is 0 Å². The van der Waals surface area contributed by atoms with Crippen molar-refractivity contribution in [2.24, 2.45) is 0 Å². The number of hydrogen-bond donors (Lipinski definition) is 0. The molecule has 2 nitrogen and oxygen atoms in total. The molecular weight excluding hydrogens is 404 g/mol. The molecule has 0 aliphatic heterocycles. The Bertz CT molecular complexity index is 1230. The monoisotopic (exact) mass is 424 g/mol. The fourth-order valence-corrected chi connectivity index (χ4v) is 3.56. The largest absolute Gasteiger partial charge is 0.311 e. The summed E-state index contributed by atoms with van der Waals surface area (Å²) in [5.41, 5.74) is 2.05. The van der Waals surface area contributed by atoms with E-state index in [1.807, 2.05) is 30.3 Å². The summed E-state index contributed by atoms with van der Waals surface area (Å²) in [5, 5.41) is 20.8. The SMILES string of the molecule is CC(C)(C)c1ccc2c(-c3cccc(CC(F)(F)C(F)F)c3)c(C#N)c(C#N)cc2c1.